The van der Waals surface area contributed by atoms with Crippen LogP contribution in [0.2, 0.25) is 0 Å². The lowest BCUT2D eigenvalue weighted by Crippen LogP contribution is -2.25. The average Bonchev–Trinajstić information content (AvgIpc) is 2.11. The van der Waals surface area contributed by atoms with Gasteiger partial charge >= 0.3 is 5.97 Å². The quantitative estimate of drug-likeness (QED) is 0.575. The van der Waals surface area contributed by atoms with Crippen LogP contribution < -0.4 is 0 Å². The Bertz CT molecular complexity index is 123. The topological polar surface area (TPSA) is 35.5 Å². The number of carbonyl (C=O) groups is 1. The molecule has 1 atom stereocenters. The lowest BCUT2D eigenvalue weighted by Gasteiger charge is -2.13. The molecule has 0 saturated carbocycles. The predicted octanol–water partition coefficient (Wildman–Crippen LogP) is 1.75. The third-order valence-electron chi connectivity index (χ3n) is 1.54. The van der Waals surface area contributed by atoms with E-state index in [0.717, 1.165) is 19.3 Å². The standard InChI is InChI=1S/C9H18O3/c1-4-6-8(9(10)11-3)12-7-5-2/h8H,4-7H2,1-3H3. The summed E-state index contributed by atoms with van der Waals surface area (Å²) in [5, 5.41) is 0. The molecule has 1 unspecified atom stereocenters. The van der Waals surface area contributed by atoms with Gasteiger partial charge in [-0.3, -0.25) is 0 Å². The minimum Gasteiger partial charge on any atom is -0.467 e. The highest BCUT2D eigenvalue weighted by Crippen LogP contribution is 2.04. The zero-order valence-corrected chi connectivity index (χ0v) is 8.13. The second-order valence-electron chi connectivity index (χ2n) is 2.67. The highest BCUT2D eigenvalue weighted by molar-refractivity contribution is 5.74. The van der Waals surface area contributed by atoms with Gasteiger partial charge in [0.05, 0.1) is 7.11 Å². The van der Waals surface area contributed by atoms with E-state index in [4.69, 9.17) is 4.74 Å². The van der Waals surface area contributed by atoms with E-state index in [9.17, 15) is 4.79 Å². The molecule has 12 heavy (non-hydrogen) atoms. The number of hydrogen-bond donors (Lipinski definition) is 0. The molecule has 0 aliphatic carbocycles. The number of ether oxygens (including phenoxy) is 2. The number of methoxy groups -OCH3 is 1. The van der Waals surface area contributed by atoms with Crippen LogP contribution in [0.25, 0.3) is 0 Å². The number of hydrogen-bond acceptors (Lipinski definition) is 3. The van der Waals surface area contributed by atoms with Gasteiger partial charge in [-0.25, -0.2) is 4.79 Å². The monoisotopic (exact) mass is 174 g/mol. The Morgan fingerprint density at radius 1 is 1.33 bits per heavy atom. The molecule has 3 nitrogen and oxygen atoms in total. The molecule has 0 heterocycles. The molecular weight excluding hydrogens is 156 g/mol. The molecule has 0 aromatic heterocycles. The van der Waals surface area contributed by atoms with Crippen LogP contribution in [-0.2, 0) is 14.3 Å². The Morgan fingerprint density at radius 3 is 2.42 bits per heavy atom. The van der Waals surface area contributed by atoms with Crippen molar-refractivity contribution < 1.29 is 14.3 Å². The zero-order valence-electron chi connectivity index (χ0n) is 8.13. The molecule has 0 spiro atoms. The normalized spacial score (nSPS) is 12.6. The van der Waals surface area contributed by atoms with E-state index in [1.54, 1.807) is 0 Å². The maximum atomic E-state index is 11.1. The third-order valence-corrected chi connectivity index (χ3v) is 1.54. The largest absolute Gasteiger partial charge is 0.467 e. The Balaban J connectivity index is 3.76. The second kappa shape index (κ2) is 7.10. The fourth-order valence-electron chi connectivity index (χ4n) is 0.923. The summed E-state index contributed by atoms with van der Waals surface area (Å²) in [7, 11) is 1.39. The molecule has 0 aromatic carbocycles. The van der Waals surface area contributed by atoms with E-state index in [1.807, 2.05) is 13.8 Å². The molecule has 3 heteroatoms. The summed E-state index contributed by atoms with van der Waals surface area (Å²) in [4.78, 5) is 11.1. The van der Waals surface area contributed by atoms with Gasteiger partial charge in [0.2, 0.25) is 0 Å². The van der Waals surface area contributed by atoms with Crippen molar-refractivity contribution in [2.45, 2.75) is 39.2 Å². The van der Waals surface area contributed by atoms with Crippen LogP contribution in [0.4, 0.5) is 0 Å². The second-order valence-corrected chi connectivity index (χ2v) is 2.67. The molecule has 0 aliphatic rings. The first-order chi connectivity index (χ1) is 5.76. The molecule has 0 aromatic rings. The Labute approximate surface area is 74.0 Å². The van der Waals surface area contributed by atoms with Crippen molar-refractivity contribution in [1.82, 2.24) is 0 Å². The number of carbonyl (C=O) groups excluding carboxylic acids is 1. The molecular formula is C9H18O3. The van der Waals surface area contributed by atoms with Crippen molar-refractivity contribution in [3.63, 3.8) is 0 Å². The van der Waals surface area contributed by atoms with E-state index in [0.29, 0.717) is 6.61 Å². The average molecular weight is 174 g/mol. The van der Waals surface area contributed by atoms with Crippen LogP contribution in [0.1, 0.15) is 33.1 Å². The Morgan fingerprint density at radius 2 is 2.00 bits per heavy atom. The predicted molar refractivity (Wildman–Crippen MR) is 47.0 cm³/mol. The molecule has 0 amide bonds. The molecule has 72 valence electrons. The third kappa shape index (κ3) is 4.34. The van der Waals surface area contributed by atoms with Gasteiger partial charge in [0.1, 0.15) is 0 Å². The maximum absolute atomic E-state index is 11.1. The summed E-state index contributed by atoms with van der Waals surface area (Å²) in [6.07, 6.45) is 2.24. The van der Waals surface area contributed by atoms with Crippen molar-refractivity contribution in [1.29, 1.82) is 0 Å². The van der Waals surface area contributed by atoms with Gasteiger partial charge in [-0.05, 0) is 12.8 Å². The first-order valence-electron chi connectivity index (χ1n) is 4.45. The minimum absolute atomic E-state index is 0.259. The molecule has 0 bridgehead atoms. The molecule has 0 aliphatic heterocycles. The number of rotatable bonds is 6. The smallest absolute Gasteiger partial charge is 0.334 e. The summed E-state index contributed by atoms with van der Waals surface area (Å²) < 4.78 is 9.91. The Kier molecular flexibility index (Phi) is 6.76. The van der Waals surface area contributed by atoms with E-state index < -0.39 is 0 Å². The van der Waals surface area contributed by atoms with Gasteiger partial charge in [0, 0.05) is 6.61 Å². The fourth-order valence-corrected chi connectivity index (χ4v) is 0.923. The summed E-state index contributed by atoms with van der Waals surface area (Å²) in [6, 6.07) is 0. The van der Waals surface area contributed by atoms with Gasteiger partial charge in [-0.1, -0.05) is 20.3 Å². The van der Waals surface area contributed by atoms with Crippen LogP contribution in [0.3, 0.4) is 0 Å². The van der Waals surface area contributed by atoms with Crippen molar-refractivity contribution in [2.75, 3.05) is 13.7 Å². The molecule has 0 fully saturated rings. The summed E-state index contributed by atoms with van der Waals surface area (Å²) >= 11 is 0. The van der Waals surface area contributed by atoms with Crippen molar-refractivity contribution >= 4 is 5.97 Å². The van der Waals surface area contributed by atoms with E-state index in [1.165, 1.54) is 7.11 Å². The first kappa shape index (κ1) is 11.4. The molecule has 0 saturated heterocycles. The highest BCUT2D eigenvalue weighted by Gasteiger charge is 2.17. The fraction of sp³-hybridized carbons (Fsp3) is 0.889. The minimum atomic E-state index is -0.361. The first-order valence-corrected chi connectivity index (χ1v) is 4.45. The van der Waals surface area contributed by atoms with Gasteiger partial charge in [0.25, 0.3) is 0 Å². The van der Waals surface area contributed by atoms with Crippen LogP contribution in [-0.4, -0.2) is 25.8 Å². The van der Waals surface area contributed by atoms with Crippen LogP contribution >= 0.6 is 0 Å². The lowest BCUT2D eigenvalue weighted by molar-refractivity contribution is -0.154. The highest BCUT2D eigenvalue weighted by atomic mass is 16.6. The summed E-state index contributed by atoms with van der Waals surface area (Å²) in [5.41, 5.74) is 0. The van der Waals surface area contributed by atoms with Crippen LogP contribution in [0.5, 0.6) is 0 Å². The summed E-state index contributed by atoms with van der Waals surface area (Å²) in [6.45, 7) is 4.66. The molecule has 0 N–H and O–H groups in total. The lowest BCUT2D eigenvalue weighted by atomic mass is 10.2. The maximum Gasteiger partial charge on any atom is 0.334 e. The SMILES string of the molecule is CCCOC(CCC)C(=O)OC. The van der Waals surface area contributed by atoms with Gasteiger partial charge in [-0.15, -0.1) is 0 Å². The molecule has 0 rings (SSSR count). The molecule has 0 radical (unpaired) electrons. The van der Waals surface area contributed by atoms with Gasteiger partial charge in [-0.2, -0.15) is 0 Å². The van der Waals surface area contributed by atoms with Gasteiger partial charge < -0.3 is 9.47 Å². The van der Waals surface area contributed by atoms with Crippen LogP contribution in [0, 0.1) is 0 Å². The van der Waals surface area contributed by atoms with Crippen molar-refractivity contribution in [2.24, 2.45) is 0 Å². The zero-order chi connectivity index (χ0) is 9.40. The van der Waals surface area contributed by atoms with E-state index in [-0.39, 0.29) is 12.1 Å². The number of esters is 1. The van der Waals surface area contributed by atoms with Crippen molar-refractivity contribution in [3.05, 3.63) is 0 Å². The Hall–Kier alpha value is -0.570. The van der Waals surface area contributed by atoms with E-state index >= 15 is 0 Å². The van der Waals surface area contributed by atoms with Crippen molar-refractivity contribution in [3.8, 4) is 0 Å². The van der Waals surface area contributed by atoms with Gasteiger partial charge in [0.15, 0.2) is 6.10 Å². The van der Waals surface area contributed by atoms with Crippen LogP contribution in [0.15, 0.2) is 0 Å². The van der Waals surface area contributed by atoms with E-state index in [2.05, 4.69) is 4.74 Å². The summed E-state index contributed by atoms with van der Waals surface area (Å²) in [5.74, 6) is -0.259.